The van der Waals surface area contributed by atoms with Gasteiger partial charge in [-0.15, -0.1) is 0 Å². The lowest BCUT2D eigenvalue weighted by atomic mass is 10.2. The van der Waals surface area contributed by atoms with Crippen molar-refractivity contribution < 1.29 is 17.6 Å². The minimum atomic E-state index is -3.76. The van der Waals surface area contributed by atoms with Gasteiger partial charge in [0.25, 0.3) is 5.91 Å². The first-order chi connectivity index (χ1) is 15.8. The van der Waals surface area contributed by atoms with Gasteiger partial charge in [0.05, 0.1) is 4.90 Å². The Hall–Kier alpha value is -2.94. The van der Waals surface area contributed by atoms with Gasteiger partial charge in [0.15, 0.2) is 0 Å². The van der Waals surface area contributed by atoms with Crippen LogP contribution in [0, 0.1) is 5.82 Å². The highest BCUT2D eigenvalue weighted by Gasteiger charge is 2.29. The van der Waals surface area contributed by atoms with Gasteiger partial charge in [0.2, 0.25) is 10.0 Å². The van der Waals surface area contributed by atoms with Gasteiger partial charge in [-0.3, -0.25) is 4.79 Å². The molecular weight excluding hydrogens is 465 g/mol. The van der Waals surface area contributed by atoms with Crippen molar-refractivity contribution in [2.45, 2.75) is 11.4 Å². The second kappa shape index (κ2) is 9.91. The zero-order chi connectivity index (χ0) is 23.4. The third-order valence-electron chi connectivity index (χ3n) is 5.56. The summed E-state index contributed by atoms with van der Waals surface area (Å²) in [6.07, 6.45) is 0. The van der Waals surface area contributed by atoms with E-state index in [0.29, 0.717) is 31.2 Å². The van der Waals surface area contributed by atoms with Crippen LogP contribution >= 0.6 is 11.6 Å². The molecule has 0 atom stereocenters. The number of piperazine rings is 1. The van der Waals surface area contributed by atoms with Crippen LogP contribution in [0.15, 0.2) is 77.7 Å². The van der Waals surface area contributed by atoms with Gasteiger partial charge in [0.1, 0.15) is 5.82 Å². The van der Waals surface area contributed by atoms with Gasteiger partial charge in [0, 0.05) is 49.0 Å². The first-order valence-corrected chi connectivity index (χ1v) is 12.3. The first kappa shape index (κ1) is 23.2. The molecule has 1 N–H and O–H groups in total. The summed E-state index contributed by atoms with van der Waals surface area (Å²) in [5.41, 5.74) is 1.88. The molecule has 1 saturated heterocycles. The van der Waals surface area contributed by atoms with Crippen molar-refractivity contribution in [2.75, 3.05) is 31.1 Å². The number of carbonyl (C=O) groups excluding carboxylic acids is 1. The van der Waals surface area contributed by atoms with Crippen LogP contribution in [0.1, 0.15) is 15.9 Å². The number of nitrogens with zero attached hydrogens (tertiary/aromatic N) is 2. The number of halogens is 2. The summed E-state index contributed by atoms with van der Waals surface area (Å²) in [4.78, 5) is 14.7. The van der Waals surface area contributed by atoms with E-state index < -0.39 is 10.0 Å². The van der Waals surface area contributed by atoms with E-state index in [0.717, 1.165) is 11.3 Å². The van der Waals surface area contributed by atoms with Gasteiger partial charge in [-0.25, -0.2) is 12.8 Å². The Balaban J connectivity index is 1.42. The number of amides is 1. The van der Waals surface area contributed by atoms with Crippen molar-refractivity contribution in [3.05, 3.63) is 94.8 Å². The van der Waals surface area contributed by atoms with E-state index in [1.165, 1.54) is 28.6 Å². The smallest absolute Gasteiger partial charge is 0.251 e. The molecular formula is C24H23ClFN3O3S. The molecule has 3 aromatic carbocycles. The lowest BCUT2D eigenvalue weighted by molar-refractivity contribution is 0.0950. The standard InChI is InChI=1S/C24H23ClFN3O3S/c25-23-7-2-1-4-19(23)17-27-24(30)18-5-3-6-22(16-18)33(31,32)29-14-12-28(13-15-29)21-10-8-20(26)9-11-21/h1-11,16H,12-15,17H2,(H,27,30). The third-order valence-corrected chi connectivity index (χ3v) is 7.83. The predicted molar refractivity (Wildman–Crippen MR) is 126 cm³/mol. The molecule has 172 valence electrons. The molecule has 1 aliphatic heterocycles. The van der Waals surface area contributed by atoms with E-state index in [4.69, 9.17) is 11.6 Å². The Morgan fingerprint density at radius 2 is 1.64 bits per heavy atom. The SMILES string of the molecule is O=C(NCc1ccccc1Cl)c1cccc(S(=O)(=O)N2CCN(c3ccc(F)cc3)CC2)c1. The predicted octanol–water partition coefficient (Wildman–Crippen LogP) is 3.92. The highest BCUT2D eigenvalue weighted by atomic mass is 35.5. The molecule has 1 fully saturated rings. The van der Waals surface area contributed by atoms with E-state index >= 15 is 0 Å². The maximum Gasteiger partial charge on any atom is 0.251 e. The molecule has 6 nitrogen and oxygen atoms in total. The average molecular weight is 488 g/mol. The Morgan fingerprint density at radius 1 is 0.939 bits per heavy atom. The molecule has 0 radical (unpaired) electrons. The maximum atomic E-state index is 13.2. The highest BCUT2D eigenvalue weighted by Crippen LogP contribution is 2.22. The maximum absolute atomic E-state index is 13.2. The molecule has 0 unspecified atom stereocenters. The lowest BCUT2D eigenvalue weighted by Crippen LogP contribution is -2.48. The fraction of sp³-hybridized carbons (Fsp3) is 0.208. The Kier molecular flexibility index (Phi) is 6.97. The van der Waals surface area contributed by atoms with Crippen LogP contribution in [-0.2, 0) is 16.6 Å². The second-order valence-corrected chi connectivity index (χ2v) is 10.0. The van der Waals surface area contributed by atoms with Gasteiger partial charge in [-0.2, -0.15) is 4.31 Å². The Labute approximate surface area is 197 Å². The fourth-order valence-electron chi connectivity index (χ4n) is 3.70. The quantitative estimate of drug-likeness (QED) is 0.572. The van der Waals surface area contributed by atoms with Crippen molar-refractivity contribution in [1.29, 1.82) is 0 Å². The van der Waals surface area contributed by atoms with E-state index in [9.17, 15) is 17.6 Å². The summed E-state index contributed by atoms with van der Waals surface area (Å²) in [7, 11) is -3.76. The fourth-order valence-corrected chi connectivity index (χ4v) is 5.38. The monoisotopic (exact) mass is 487 g/mol. The summed E-state index contributed by atoms with van der Waals surface area (Å²) in [6.45, 7) is 1.80. The minimum absolute atomic E-state index is 0.0723. The normalized spacial score (nSPS) is 14.8. The van der Waals surface area contributed by atoms with E-state index in [1.807, 2.05) is 23.1 Å². The minimum Gasteiger partial charge on any atom is -0.369 e. The topological polar surface area (TPSA) is 69.7 Å². The third kappa shape index (κ3) is 5.35. The van der Waals surface area contributed by atoms with Gasteiger partial charge >= 0.3 is 0 Å². The van der Waals surface area contributed by atoms with Crippen LogP contribution in [0.3, 0.4) is 0 Å². The molecule has 0 saturated carbocycles. The number of benzene rings is 3. The molecule has 33 heavy (non-hydrogen) atoms. The van der Waals surface area contributed by atoms with E-state index in [2.05, 4.69) is 5.32 Å². The molecule has 3 aromatic rings. The number of sulfonamides is 1. The Morgan fingerprint density at radius 3 is 2.33 bits per heavy atom. The summed E-state index contributed by atoms with van der Waals surface area (Å²) < 4.78 is 40.9. The average Bonchev–Trinajstić information content (AvgIpc) is 2.84. The number of rotatable bonds is 6. The number of anilines is 1. The Bertz CT molecular complexity index is 1240. The molecule has 1 amide bonds. The van der Waals surface area contributed by atoms with Crippen molar-refractivity contribution in [2.24, 2.45) is 0 Å². The zero-order valence-corrected chi connectivity index (χ0v) is 19.3. The number of hydrogen-bond donors (Lipinski definition) is 1. The molecule has 0 bridgehead atoms. The molecule has 0 aliphatic carbocycles. The summed E-state index contributed by atoms with van der Waals surface area (Å²) in [5.74, 6) is -0.691. The van der Waals surface area contributed by atoms with E-state index in [1.54, 1.807) is 30.3 Å². The van der Waals surface area contributed by atoms with Crippen molar-refractivity contribution >= 4 is 33.2 Å². The van der Waals surface area contributed by atoms with Gasteiger partial charge in [-0.1, -0.05) is 35.9 Å². The van der Waals surface area contributed by atoms with Gasteiger partial charge in [-0.05, 0) is 54.1 Å². The second-order valence-electron chi connectivity index (χ2n) is 7.67. The van der Waals surface area contributed by atoms with Crippen LogP contribution in [-0.4, -0.2) is 44.8 Å². The number of hydrogen-bond acceptors (Lipinski definition) is 4. The number of carbonyl (C=O) groups is 1. The zero-order valence-electron chi connectivity index (χ0n) is 17.7. The van der Waals surface area contributed by atoms with Crippen molar-refractivity contribution in [3.8, 4) is 0 Å². The van der Waals surface area contributed by atoms with Crippen LogP contribution in [0.5, 0.6) is 0 Å². The summed E-state index contributed by atoms with van der Waals surface area (Å²) in [5, 5.41) is 3.33. The van der Waals surface area contributed by atoms with E-state index in [-0.39, 0.29) is 28.7 Å². The van der Waals surface area contributed by atoms with Crippen molar-refractivity contribution in [1.82, 2.24) is 9.62 Å². The summed E-state index contributed by atoms with van der Waals surface area (Å²) >= 11 is 6.12. The highest BCUT2D eigenvalue weighted by molar-refractivity contribution is 7.89. The molecule has 0 aromatic heterocycles. The van der Waals surface area contributed by atoms with Crippen LogP contribution < -0.4 is 10.2 Å². The molecule has 1 heterocycles. The molecule has 4 rings (SSSR count). The molecule has 1 aliphatic rings. The molecule has 0 spiro atoms. The largest absolute Gasteiger partial charge is 0.369 e. The van der Waals surface area contributed by atoms with Crippen LogP contribution in [0.4, 0.5) is 10.1 Å². The summed E-state index contributed by atoms with van der Waals surface area (Å²) in [6, 6.07) is 19.4. The van der Waals surface area contributed by atoms with Crippen LogP contribution in [0.25, 0.3) is 0 Å². The number of nitrogens with one attached hydrogen (secondary N) is 1. The van der Waals surface area contributed by atoms with Crippen molar-refractivity contribution in [3.63, 3.8) is 0 Å². The van der Waals surface area contributed by atoms with Gasteiger partial charge < -0.3 is 10.2 Å². The molecule has 9 heteroatoms. The lowest BCUT2D eigenvalue weighted by Gasteiger charge is -2.35. The first-order valence-electron chi connectivity index (χ1n) is 10.5. The van der Waals surface area contributed by atoms with Crippen LogP contribution in [0.2, 0.25) is 5.02 Å².